The first kappa shape index (κ1) is 10.7. The summed E-state index contributed by atoms with van der Waals surface area (Å²) in [6, 6.07) is 7.24. The molecule has 3 heteroatoms. The molecule has 0 aliphatic heterocycles. The Labute approximate surface area is 83.6 Å². The summed E-state index contributed by atoms with van der Waals surface area (Å²) >= 11 is 0. The van der Waals surface area contributed by atoms with Gasteiger partial charge < -0.3 is 10.8 Å². The second-order valence-electron chi connectivity index (χ2n) is 3.03. The summed E-state index contributed by atoms with van der Waals surface area (Å²) in [5, 5.41) is 8.60. The highest BCUT2D eigenvalue weighted by atomic mass is 16.2. The SMILES string of the molecule is NC(=O)c1ccccc1C[CH]CCO. The van der Waals surface area contributed by atoms with Crippen LogP contribution in [0, 0.1) is 6.42 Å². The van der Waals surface area contributed by atoms with E-state index in [4.69, 9.17) is 10.8 Å². The van der Waals surface area contributed by atoms with E-state index < -0.39 is 5.91 Å². The summed E-state index contributed by atoms with van der Waals surface area (Å²) in [5.41, 5.74) is 6.68. The topological polar surface area (TPSA) is 63.3 Å². The van der Waals surface area contributed by atoms with Crippen LogP contribution >= 0.6 is 0 Å². The molecule has 3 N–H and O–H groups in total. The van der Waals surface area contributed by atoms with Crippen LogP contribution in [0.25, 0.3) is 0 Å². The van der Waals surface area contributed by atoms with Crippen LogP contribution in [0.4, 0.5) is 0 Å². The number of amides is 1. The molecule has 0 saturated carbocycles. The van der Waals surface area contributed by atoms with Gasteiger partial charge in [-0.25, -0.2) is 0 Å². The molecule has 1 rings (SSSR count). The fourth-order valence-electron chi connectivity index (χ4n) is 1.29. The fourth-order valence-corrected chi connectivity index (χ4v) is 1.29. The molecule has 0 saturated heterocycles. The van der Waals surface area contributed by atoms with Gasteiger partial charge in [0.1, 0.15) is 0 Å². The average Bonchev–Trinajstić information content (AvgIpc) is 2.19. The fraction of sp³-hybridized carbons (Fsp3) is 0.273. The monoisotopic (exact) mass is 192 g/mol. The number of aliphatic hydroxyl groups is 1. The summed E-state index contributed by atoms with van der Waals surface area (Å²) in [6.07, 6.45) is 3.23. The highest BCUT2D eigenvalue weighted by Gasteiger charge is 2.05. The van der Waals surface area contributed by atoms with Crippen LogP contribution in [-0.4, -0.2) is 17.6 Å². The third kappa shape index (κ3) is 2.85. The van der Waals surface area contributed by atoms with Gasteiger partial charge in [0.2, 0.25) is 5.91 Å². The van der Waals surface area contributed by atoms with Gasteiger partial charge in [0.25, 0.3) is 0 Å². The van der Waals surface area contributed by atoms with Gasteiger partial charge >= 0.3 is 0 Å². The standard InChI is InChI=1S/C11H14NO2/c12-11(14)10-7-2-1-5-9(10)6-3-4-8-13/h1-3,5,7,13H,4,6,8H2,(H2,12,14). The number of aliphatic hydroxyl groups excluding tert-OH is 1. The molecular weight excluding hydrogens is 178 g/mol. The van der Waals surface area contributed by atoms with Crippen LogP contribution in [0.1, 0.15) is 22.3 Å². The predicted octanol–water partition coefficient (Wildman–Crippen LogP) is 0.915. The molecule has 0 heterocycles. The molecule has 75 valence electrons. The van der Waals surface area contributed by atoms with Crippen molar-refractivity contribution in [1.29, 1.82) is 0 Å². The number of nitrogens with two attached hydrogens (primary N) is 1. The van der Waals surface area contributed by atoms with E-state index in [0.717, 1.165) is 5.56 Å². The average molecular weight is 192 g/mol. The first-order valence-electron chi connectivity index (χ1n) is 4.56. The lowest BCUT2D eigenvalue weighted by atomic mass is 10.0. The van der Waals surface area contributed by atoms with Gasteiger partial charge in [-0.15, -0.1) is 0 Å². The summed E-state index contributed by atoms with van der Waals surface area (Å²) < 4.78 is 0. The van der Waals surface area contributed by atoms with Crippen LogP contribution in [0.5, 0.6) is 0 Å². The zero-order valence-corrected chi connectivity index (χ0v) is 7.94. The molecule has 0 aromatic heterocycles. The van der Waals surface area contributed by atoms with Gasteiger partial charge in [-0.05, 0) is 30.9 Å². The second kappa shape index (κ2) is 5.40. The Kier molecular flexibility index (Phi) is 4.13. The van der Waals surface area contributed by atoms with E-state index in [1.165, 1.54) is 0 Å². The number of rotatable bonds is 5. The maximum atomic E-state index is 11.0. The Balaban J connectivity index is 2.69. The second-order valence-corrected chi connectivity index (χ2v) is 3.03. The van der Waals surface area contributed by atoms with Gasteiger partial charge in [0.15, 0.2) is 0 Å². The van der Waals surface area contributed by atoms with E-state index >= 15 is 0 Å². The zero-order chi connectivity index (χ0) is 10.4. The third-order valence-corrected chi connectivity index (χ3v) is 1.98. The molecule has 1 aromatic rings. The number of hydrogen-bond donors (Lipinski definition) is 2. The smallest absolute Gasteiger partial charge is 0.248 e. The van der Waals surface area contributed by atoms with E-state index in [2.05, 4.69) is 0 Å². The number of unbranched alkanes of at least 4 members (excludes halogenated alkanes) is 1. The Bertz CT molecular complexity index is 310. The quantitative estimate of drug-likeness (QED) is 0.681. The molecule has 1 aromatic carbocycles. The van der Waals surface area contributed by atoms with E-state index in [1.54, 1.807) is 12.1 Å². The van der Waals surface area contributed by atoms with Gasteiger partial charge in [0, 0.05) is 12.2 Å². The molecule has 0 spiro atoms. The minimum absolute atomic E-state index is 0.138. The van der Waals surface area contributed by atoms with E-state index in [0.29, 0.717) is 18.4 Å². The molecule has 0 aliphatic rings. The summed E-state index contributed by atoms with van der Waals surface area (Å²) in [4.78, 5) is 11.0. The summed E-state index contributed by atoms with van der Waals surface area (Å²) in [6.45, 7) is 0.138. The van der Waals surface area contributed by atoms with Gasteiger partial charge in [-0.1, -0.05) is 18.2 Å². The molecule has 0 aliphatic carbocycles. The van der Waals surface area contributed by atoms with E-state index in [-0.39, 0.29) is 6.61 Å². The minimum atomic E-state index is -0.405. The Morgan fingerprint density at radius 1 is 1.43 bits per heavy atom. The molecule has 0 fully saturated rings. The zero-order valence-electron chi connectivity index (χ0n) is 7.94. The van der Waals surface area contributed by atoms with Gasteiger partial charge in [0.05, 0.1) is 0 Å². The summed E-state index contributed by atoms with van der Waals surface area (Å²) in [7, 11) is 0. The van der Waals surface area contributed by atoms with Crippen LogP contribution < -0.4 is 5.73 Å². The molecule has 0 unspecified atom stereocenters. The van der Waals surface area contributed by atoms with Crippen molar-refractivity contribution < 1.29 is 9.90 Å². The van der Waals surface area contributed by atoms with Crippen molar-refractivity contribution in [1.82, 2.24) is 0 Å². The van der Waals surface area contributed by atoms with Crippen molar-refractivity contribution in [3.8, 4) is 0 Å². The van der Waals surface area contributed by atoms with Crippen molar-refractivity contribution in [3.05, 3.63) is 41.8 Å². The highest BCUT2D eigenvalue weighted by molar-refractivity contribution is 5.94. The Hall–Kier alpha value is -1.35. The van der Waals surface area contributed by atoms with Crippen LogP contribution in [0.3, 0.4) is 0 Å². The molecule has 0 bridgehead atoms. The lowest BCUT2D eigenvalue weighted by Gasteiger charge is -2.04. The maximum Gasteiger partial charge on any atom is 0.248 e. The molecule has 14 heavy (non-hydrogen) atoms. The van der Waals surface area contributed by atoms with Crippen molar-refractivity contribution in [2.45, 2.75) is 12.8 Å². The lowest BCUT2D eigenvalue weighted by molar-refractivity contribution is 0.0999. The van der Waals surface area contributed by atoms with Gasteiger partial charge in [-0.3, -0.25) is 4.79 Å². The number of carbonyl (C=O) groups is 1. The van der Waals surface area contributed by atoms with Crippen molar-refractivity contribution in [3.63, 3.8) is 0 Å². The Morgan fingerprint density at radius 2 is 2.14 bits per heavy atom. The third-order valence-electron chi connectivity index (χ3n) is 1.98. The van der Waals surface area contributed by atoms with E-state index in [1.807, 2.05) is 18.6 Å². The van der Waals surface area contributed by atoms with Crippen LogP contribution in [0.2, 0.25) is 0 Å². The van der Waals surface area contributed by atoms with Crippen LogP contribution in [0.15, 0.2) is 24.3 Å². The minimum Gasteiger partial charge on any atom is -0.396 e. The summed E-state index contributed by atoms with van der Waals surface area (Å²) in [5.74, 6) is -0.405. The maximum absolute atomic E-state index is 11.0. The normalized spacial score (nSPS) is 10.1. The molecule has 3 nitrogen and oxygen atoms in total. The number of hydrogen-bond acceptors (Lipinski definition) is 2. The van der Waals surface area contributed by atoms with Crippen molar-refractivity contribution in [2.75, 3.05) is 6.61 Å². The lowest BCUT2D eigenvalue weighted by Crippen LogP contribution is -2.13. The van der Waals surface area contributed by atoms with E-state index in [9.17, 15) is 4.79 Å². The van der Waals surface area contributed by atoms with Crippen LogP contribution in [-0.2, 0) is 6.42 Å². The Morgan fingerprint density at radius 3 is 2.79 bits per heavy atom. The predicted molar refractivity (Wildman–Crippen MR) is 54.7 cm³/mol. The largest absolute Gasteiger partial charge is 0.396 e. The molecule has 1 amide bonds. The van der Waals surface area contributed by atoms with Gasteiger partial charge in [-0.2, -0.15) is 0 Å². The molecule has 1 radical (unpaired) electrons. The van der Waals surface area contributed by atoms with Crippen molar-refractivity contribution in [2.24, 2.45) is 5.73 Å². The number of benzene rings is 1. The first-order chi connectivity index (χ1) is 6.75. The highest BCUT2D eigenvalue weighted by Crippen LogP contribution is 2.10. The number of primary amides is 1. The molecule has 0 atom stereocenters. The number of carbonyl (C=O) groups excluding carboxylic acids is 1. The first-order valence-corrected chi connectivity index (χ1v) is 4.56. The van der Waals surface area contributed by atoms with Crippen molar-refractivity contribution >= 4 is 5.91 Å². The molecular formula is C11H14NO2.